The molecule has 1 aliphatic heterocycles. The van der Waals surface area contributed by atoms with Crippen LogP contribution in [0.15, 0.2) is 54.7 Å². The van der Waals surface area contributed by atoms with Crippen molar-refractivity contribution >= 4 is 16.9 Å². The number of nitrogens with zero attached hydrogens (tertiary/aromatic N) is 3. The summed E-state index contributed by atoms with van der Waals surface area (Å²) in [5, 5.41) is 10.8. The summed E-state index contributed by atoms with van der Waals surface area (Å²) in [6.45, 7) is 4.00. The Bertz CT molecular complexity index is 997. The number of carboxylic acids is 1. The zero-order valence-corrected chi connectivity index (χ0v) is 15.8. The molecule has 4 rings (SSSR count). The van der Waals surface area contributed by atoms with Crippen molar-refractivity contribution in [3.8, 4) is 5.75 Å². The number of carbonyl (C=O) groups is 1. The highest BCUT2D eigenvalue weighted by molar-refractivity contribution is 5.81. The number of hydrogen-bond acceptors (Lipinski definition) is 5. The van der Waals surface area contributed by atoms with Crippen LogP contribution >= 0.6 is 0 Å². The number of fused-ring (bicyclic) bond motifs is 1. The lowest BCUT2D eigenvalue weighted by Gasteiger charge is -2.38. The lowest BCUT2D eigenvalue weighted by Crippen LogP contribution is -2.53. The molecule has 1 aliphatic rings. The van der Waals surface area contributed by atoms with Crippen LogP contribution in [0.1, 0.15) is 24.2 Å². The summed E-state index contributed by atoms with van der Waals surface area (Å²) in [6, 6.07) is 15.3. The van der Waals surface area contributed by atoms with Gasteiger partial charge < -0.3 is 9.84 Å². The first-order chi connectivity index (χ1) is 13.5. The van der Waals surface area contributed by atoms with Crippen LogP contribution in [0.25, 0.3) is 10.9 Å². The number of benzene rings is 1. The molecule has 0 bridgehead atoms. The largest absolute Gasteiger partial charge is 0.478 e. The van der Waals surface area contributed by atoms with E-state index in [0.717, 1.165) is 28.8 Å². The molecule has 0 spiro atoms. The van der Waals surface area contributed by atoms with Crippen LogP contribution in [0.2, 0.25) is 0 Å². The number of aryl methyl sites for hydroxylation is 1. The maximum Gasteiger partial charge on any atom is 0.348 e. The van der Waals surface area contributed by atoms with E-state index in [0.29, 0.717) is 31.7 Å². The number of aromatic nitrogens is 2. The molecule has 0 unspecified atom stereocenters. The smallest absolute Gasteiger partial charge is 0.348 e. The first kappa shape index (κ1) is 18.4. The van der Waals surface area contributed by atoms with E-state index in [4.69, 9.17) is 4.74 Å². The number of rotatable bonds is 5. The molecule has 0 saturated carbocycles. The molecule has 3 aromatic rings. The van der Waals surface area contributed by atoms with Crippen LogP contribution in [0, 0.1) is 6.92 Å². The number of ether oxygens (including phenoxy) is 1. The second-order valence-corrected chi connectivity index (χ2v) is 7.31. The standard InChI is InChI=1S/C22H23N3O3/c1-16-4-2-6-18(24-16)15-25-12-9-22(10-13-25,21(26)27)28-19-7-8-20-17(14-19)5-3-11-23-20/h2-8,11,14H,9-10,12-13,15H2,1H3,(H,26,27). The predicted octanol–water partition coefficient (Wildman–Crippen LogP) is 3.44. The third kappa shape index (κ3) is 3.82. The van der Waals surface area contributed by atoms with E-state index in [1.54, 1.807) is 12.3 Å². The molecule has 1 N–H and O–H groups in total. The van der Waals surface area contributed by atoms with Crippen LogP contribution < -0.4 is 4.74 Å². The van der Waals surface area contributed by atoms with Crippen LogP contribution in [-0.2, 0) is 11.3 Å². The predicted molar refractivity (Wildman–Crippen MR) is 106 cm³/mol. The average molecular weight is 377 g/mol. The molecule has 0 atom stereocenters. The summed E-state index contributed by atoms with van der Waals surface area (Å²) in [4.78, 5) is 23.2. The van der Waals surface area contributed by atoms with Crippen molar-refractivity contribution in [2.75, 3.05) is 13.1 Å². The number of hydrogen-bond donors (Lipinski definition) is 1. The van der Waals surface area contributed by atoms with Gasteiger partial charge in [0, 0.05) is 49.8 Å². The molecule has 0 radical (unpaired) electrons. The number of pyridine rings is 2. The van der Waals surface area contributed by atoms with Crippen LogP contribution in [0.3, 0.4) is 0 Å². The minimum atomic E-state index is -1.20. The van der Waals surface area contributed by atoms with Gasteiger partial charge >= 0.3 is 5.97 Å². The second kappa shape index (κ2) is 7.56. The molecule has 1 fully saturated rings. The first-order valence-corrected chi connectivity index (χ1v) is 9.46. The summed E-state index contributed by atoms with van der Waals surface area (Å²) in [5.74, 6) is -0.344. The van der Waals surface area contributed by atoms with Gasteiger partial charge in [-0.25, -0.2) is 4.79 Å². The summed E-state index contributed by atoms with van der Waals surface area (Å²) in [5.41, 5.74) is 1.65. The van der Waals surface area contributed by atoms with E-state index < -0.39 is 11.6 Å². The van der Waals surface area contributed by atoms with Crippen molar-refractivity contribution in [3.05, 3.63) is 66.1 Å². The fourth-order valence-corrected chi connectivity index (χ4v) is 3.69. The Balaban J connectivity index is 1.47. The summed E-state index contributed by atoms with van der Waals surface area (Å²) >= 11 is 0. The molecule has 6 nitrogen and oxygen atoms in total. The lowest BCUT2D eigenvalue weighted by molar-refractivity contribution is -0.159. The first-order valence-electron chi connectivity index (χ1n) is 9.46. The summed E-state index contributed by atoms with van der Waals surface area (Å²) in [6.07, 6.45) is 2.60. The van der Waals surface area contributed by atoms with Gasteiger partial charge in [0.15, 0.2) is 0 Å². The van der Waals surface area contributed by atoms with Crippen molar-refractivity contribution in [3.63, 3.8) is 0 Å². The Labute approximate surface area is 163 Å². The van der Waals surface area contributed by atoms with Gasteiger partial charge in [0.25, 0.3) is 0 Å². The van der Waals surface area contributed by atoms with Crippen molar-refractivity contribution in [2.45, 2.75) is 31.9 Å². The third-order valence-corrected chi connectivity index (χ3v) is 5.27. The highest BCUT2D eigenvalue weighted by Crippen LogP contribution is 2.31. The van der Waals surface area contributed by atoms with Gasteiger partial charge in [-0.2, -0.15) is 0 Å². The highest BCUT2D eigenvalue weighted by atomic mass is 16.5. The Morgan fingerprint density at radius 2 is 2.00 bits per heavy atom. The molecule has 3 heterocycles. The van der Waals surface area contributed by atoms with E-state index in [9.17, 15) is 9.90 Å². The summed E-state index contributed by atoms with van der Waals surface area (Å²) in [7, 11) is 0. The van der Waals surface area contributed by atoms with Crippen molar-refractivity contribution in [2.24, 2.45) is 0 Å². The molecular weight excluding hydrogens is 354 g/mol. The quantitative estimate of drug-likeness (QED) is 0.734. The van der Waals surface area contributed by atoms with Crippen molar-refractivity contribution in [1.29, 1.82) is 0 Å². The maximum absolute atomic E-state index is 12.1. The van der Waals surface area contributed by atoms with Gasteiger partial charge in [0.1, 0.15) is 5.75 Å². The minimum Gasteiger partial charge on any atom is -0.478 e. The fourth-order valence-electron chi connectivity index (χ4n) is 3.69. The Kier molecular flexibility index (Phi) is 4.96. The second-order valence-electron chi connectivity index (χ2n) is 7.31. The van der Waals surface area contributed by atoms with Crippen molar-refractivity contribution < 1.29 is 14.6 Å². The van der Waals surface area contributed by atoms with Crippen LogP contribution in [0.4, 0.5) is 0 Å². The highest BCUT2D eigenvalue weighted by Gasteiger charge is 2.44. The molecule has 2 aromatic heterocycles. The van der Waals surface area contributed by atoms with Crippen LogP contribution in [0.5, 0.6) is 5.75 Å². The number of aliphatic carboxylic acids is 1. The number of likely N-dealkylation sites (tertiary alicyclic amines) is 1. The average Bonchev–Trinajstić information content (AvgIpc) is 2.69. The SMILES string of the molecule is Cc1cccc(CN2CCC(Oc3ccc4ncccc4c3)(C(=O)O)CC2)n1. The van der Waals surface area contributed by atoms with Gasteiger partial charge in [-0.05, 0) is 43.3 Å². The third-order valence-electron chi connectivity index (χ3n) is 5.27. The zero-order valence-electron chi connectivity index (χ0n) is 15.8. The molecule has 1 saturated heterocycles. The molecule has 1 aromatic carbocycles. The van der Waals surface area contributed by atoms with E-state index in [1.807, 2.05) is 49.4 Å². The monoisotopic (exact) mass is 377 g/mol. The van der Waals surface area contributed by atoms with E-state index in [1.165, 1.54) is 0 Å². The number of carboxylic acid groups (broad SMARTS) is 1. The van der Waals surface area contributed by atoms with Gasteiger partial charge in [0.2, 0.25) is 5.60 Å². The normalized spacial score (nSPS) is 16.8. The molecule has 0 aliphatic carbocycles. The Morgan fingerprint density at radius 3 is 2.75 bits per heavy atom. The molecule has 28 heavy (non-hydrogen) atoms. The maximum atomic E-state index is 12.1. The van der Waals surface area contributed by atoms with E-state index in [2.05, 4.69) is 14.9 Å². The Morgan fingerprint density at radius 1 is 1.18 bits per heavy atom. The van der Waals surface area contributed by atoms with Gasteiger partial charge in [-0.1, -0.05) is 12.1 Å². The molecule has 144 valence electrons. The van der Waals surface area contributed by atoms with Crippen molar-refractivity contribution in [1.82, 2.24) is 14.9 Å². The minimum absolute atomic E-state index is 0.430. The van der Waals surface area contributed by atoms with Gasteiger partial charge in [-0.3, -0.25) is 14.9 Å². The topological polar surface area (TPSA) is 75.5 Å². The Hall–Kier alpha value is -2.99. The van der Waals surface area contributed by atoms with Crippen LogP contribution in [-0.4, -0.2) is 44.6 Å². The molecule has 6 heteroatoms. The molecular formula is C22H23N3O3. The number of piperidine rings is 1. The lowest BCUT2D eigenvalue weighted by atomic mass is 9.91. The fraction of sp³-hybridized carbons (Fsp3) is 0.318. The molecule has 0 amide bonds. The summed E-state index contributed by atoms with van der Waals surface area (Å²) < 4.78 is 6.06. The zero-order chi connectivity index (χ0) is 19.6. The van der Waals surface area contributed by atoms with Gasteiger partial charge in [0.05, 0.1) is 11.2 Å². The van der Waals surface area contributed by atoms with E-state index in [-0.39, 0.29) is 0 Å². The van der Waals surface area contributed by atoms with E-state index >= 15 is 0 Å². The van der Waals surface area contributed by atoms with Gasteiger partial charge in [-0.15, -0.1) is 0 Å².